The molecular weight excluding hydrogens is 418 g/mol. The summed E-state index contributed by atoms with van der Waals surface area (Å²) in [5.74, 6) is 0.450. The second-order valence-electron chi connectivity index (χ2n) is 7.96. The highest BCUT2D eigenvalue weighted by atomic mass is 16.5. The fourth-order valence-electron chi connectivity index (χ4n) is 4.08. The first kappa shape index (κ1) is 24.2. The number of carbonyl (C=O) groups is 2. The molecule has 0 aromatic heterocycles. The van der Waals surface area contributed by atoms with Crippen molar-refractivity contribution in [3.05, 3.63) is 24.3 Å². The van der Waals surface area contributed by atoms with E-state index in [1.807, 2.05) is 12.1 Å². The Morgan fingerprint density at radius 2 is 2.03 bits per heavy atom. The van der Waals surface area contributed by atoms with Crippen LogP contribution in [0.25, 0.3) is 0 Å². The van der Waals surface area contributed by atoms with Crippen LogP contribution in [0.15, 0.2) is 24.3 Å². The molecule has 0 radical (unpaired) electrons. The van der Waals surface area contributed by atoms with Crippen LogP contribution < -0.4 is 15.4 Å². The van der Waals surface area contributed by atoms with E-state index in [0.717, 1.165) is 0 Å². The lowest BCUT2D eigenvalue weighted by Crippen LogP contribution is -2.58. The summed E-state index contributed by atoms with van der Waals surface area (Å²) in [7, 11) is 3.12. The van der Waals surface area contributed by atoms with Gasteiger partial charge in [-0.2, -0.15) is 0 Å². The van der Waals surface area contributed by atoms with Gasteiger partial charge in [0, 0.05) is 13.7 Å². The van der Waals surface area contributed by atoms with Crippen LogP contribution in [0.3, 0.4) is 0 Å². The Morgan fingerprint density at radius 3 is 2.81 bits per heavy atom. The lowest BCUT2D eigenvalue weighted by atomic mass is 9.95. The van der Waals surface area contributed by atoms with Crippen LogP contribution in [0, 0.1) is 0 Å². The monoisotopic (exact) mass is 451 g/mol. The highest BCUT2D eigenvalue weighted by molar-refractivity contribution is 5.91. The second kappa shape index (κ2) is 12.0. The fourth-order valence-corrected chi connectivity index (χ4v) is 4.08. The van der Waals surface area contributed by atoms with Gasteiger partial charge in [-0.3, -0.25) is 4.79 Å². The molecular formula is C22H33N3O7. The number of hydrogen-bond acceptors (Lipinski definition) is 7. The van der Waals surface area contributed by atoms with Crippen molar-refractivity contribution >= 4 is 17.6 Å². The van der Waals surface area contributed by atoms with E-state index in [2.05, 4.69) is 10.6 Å². The zero-order valence-corrected chi connectivity index (χ0v) is 18.6. The SMILES string of the molecule is COCCNC(=O)C[C@H]1CC[C@H]2[C@@H](COC[C@H](O)CN2C(=O)Nc2ccccc2OC)O1. The zero-order chi connectivity index (χ0) is 22.9. The van der Waals surface area contributed by atoms with Crippen molar-refractivity contribution in [3.63, 3.8) is 0 Å². The molecule has 2 heterocycles. The van der Waals surface area contributed by atoms with Crippen LogP contribution in [-0.2, 0) is 19.0 Å². The molecule has 4 atom stereocenters. The van der Waals surface area contributed by atoms with Crippen molar-refractivity contribution in [1.82, 2.24) is 10.2 Å². The summed E-state index contributed by atoms with van der Waals surface area (Å²) >= 11 is 0. The van der Waals surface area contributed by atoms with Crippen LogP contribution in [0.5, 0.6) is 5.75 Å². The first-order chi connectivity index (χ1) is 15.5. The second-order valence-corrected chi connectivity index (χ2v) is 7.96. The number of benzene rings is 1. The molecule has 3 rings (SSSR count). The Bertz CT molecular complexity index is 763. The molecule has 2 aliphatic rings. The molecule has 0 unspecified atom stereocenters. The number of hydrogen-bond donors (Lipinski definition) is 3. The topological polar surface area (TPSA) is 119 Å². The van der Waals surface area contributed by atoms with Crippen molar-refractivity contribution in [2.75, 3.05) is 52.4 Å². The molecule has 1 aromatic rings. The minimum Gasteiger partial charge on any atom is -0.495 e. The number of β-amino-alcohol motifs (C(OH)–C–C–N with tert-alkyl or cyclic N) is 1. The van der Waals surface area contributed by atoms with Crippen LogP contribution in [0.1, 0.15) is 19.3 Å². The third kappa shape index (κ3) is 6.55. The van der Waals surface area contributed by atoms with Gasteiger partial charge in [0.15, 0.2) is 0 Å². The minimum absolute atomic E-state index is 0.0987. The number of nitrogens with one attached hydrogen (secondary N) is 2. The molecule has 0 saturated carbocycles. The van der Waals surface area contributed by atoms with Crippen molar-refractivity contribution in [1.29, 1.82) is 0 Å². The van der Waals surface area contributed by atoms with Gasteiger partial charge in [-0.05, 0) is 25.0 Å². The minimum atomic E-state index is -0.802. The van der Waals surface area contributed by atoms with Gasteiger partial charge >= 0.3 is 6.03 Å². The Kier molecular flexibility index (Phi) is 9.10. The molecule has 2 fully saturated rings. The van der Waals surface area contributed by atoms with Gasteiger partial charge in [-0.15, -0.1) is 0 Å². The van der Waals surface area contributed by atoms with E-state index in [0.29, 0.717) is 37.4 Å². The van der Waals surface area contributed by atoms with Crippen LogP contribution in [-0.4, -0.2) is 93.4 Å². The Labute approximate surface area is 188 Å². The predicted octanol–water partition coefficient (Wildman–Crippen LogP) is 0.989. The molecule has 0 bridgehead atoms. The van der Waals surface area contributed by atoms with Crippen molar-refractivity contribution < 1.29 is 33.6 Å². The molecule has 2 aliphatic heterocycles. The lowest BCUT2D eigenvalue weighted by Gasteiger charge is -2.44. The van der Waals surface area contributed by atoms with E-state index in [1.165, 1.54) is 0 Å². The van der Waals surface area contributed by atoms with Crippen molar-refractivity contribution in [3.8, 4) is 5.75 Å². The number of anilines is 1. The van der Waals surface area contributed by atoms with Gasteiger partial charge in [0.05, 0.1) is 63.8 Å². The number of methoxy groups -OCH3 is 2. The average Bonchev–Trinajstić information content (AvgIpc) is 2.77. The van der Waals surface area contributed by atoms with Gasteiger partial charge in [0.1, 0.15) is 11.9 Å². The summed E-state index contributed by atoms with van der Waals surface area (Å²) in [6.07, 6.45) is 0.0397. The highest BCUT2D eigenvalue weighted by Crippen LogP contribution is 2.29. The normalized spacial score (nSPS) is 25.8. The van der Waals surface area contributed by atoms with Gasteiger partial charge in [0.2, 0.25) is 5.91 Å². The van der Waals surface area contributed by atoms with E-state index < -0.39 is 12.2 Å². The fraction of sp³-hybridized carbons (Fsp3) is 0.636. The van der Waals surface area contributed by atoms with Crippen molar-refractivity contribution in [2.24, 2.45) is 0 Å². The summed E-state index contributed by atoms with van der Waals surface area (Å²) < 4.78 is 22.0. The van der Waals surface area contributed by atoms with Crippen LogP contribution >= 0.6 is 0 Å². The van der Waals surface area contributed by atoms with Crippen molar-refractivity contribution in [2.45, 2.75) is 43.6 Å². The third-order valence-electron chi connectivity index (χ3n) is 5.63. The summed E-state index contributed by atoms with van der Waals surface area (Å²) in [5.41, 5.74) is 0.548. The number of amides is 3. The number of aliphatic hydroxyl groups is 1. The van der Waals surface area contributed by atoms with Gasteiger partial charge in [-0.25, -0.2) is 4.79 Å². The number of nitrogens with zero attached hydrogens (tertiary/aromatic N) is 1. The number of rotatable bonds is 7. The molecule has 0 spiro atoms. The standard InChI is InChI=1S/C22H33N3O7/c1-29-10-9-23-21(27)11-16-7-8-18-20(32-16)14-31-13-15(26)12-25(18)22(28)24-17-5-3-4-6-19(17)30-2/h3-6,15-16,18,20,26H,7-14H2,1-2H3,(H,23,27)(H,24,28)/t15-,16-,18+,20-/m1/s1. The maximum atomic E-state index is 13.2. The van der Waals surface area contributed by atoms with Gasteiger partial charge in [0.25, 0.3) is 0 Å². The average molecular weight is 452 g/mol. The first-order valence-corrected chi connectivity index (χ1v) is 10.9. The summed E-state index contributed by atoms with van der Waals surface area (Å²) in [4.78, 5) is 26.9. The first-order valence-electron chi connectivity index (χ1n) is 10.9. The smallest absolute Gasteiger partial charge is 0.322 e. The number of aliphatic hydroxyl groups excluding tert-OH is 1. The quantitative estimate of drug-likeness (QED) is 0.529. The summed E-state index contributed by atoms with van der Waals surface area (Å²) in [5, 5.41) is 16.0. The molecule has 0 aliphatic carbocycles. The number of para-hydroxylation sites is 2. The third-order valence-corrected chi connectivity index (χ3v) is 5.63. The molecule has 10 heteroatoms. The molecule has 1 aromatic carbocycles. The maximum absolute atomic E-state index is 13.2. The molecule has 178 valence electrons. The van der Waals surface area contributed by atoms with Gasteiger partial charge < -0.3 is 39.6 Å². The Balaban J connectivity index is 1.66. The lowest BCUT2D eigenvalue weighted by molar-refractivity contribution is -0.149. The molecule has 32 heavy (non-hydrogen) atoms. The highest BCUT2D eigenvalue weighted by Gasteiger charge is 2.40. The number of carbonyl (C=O) groups excluding carboxylic acids is 2. The largest absolute Gasteiger partial charge is 0.495 e. The zero-order valence-electron chi connectivity index (χ0n) is 18.6. The summed E-state index contributed by atoms with van der Waals surface area (Å²) in [6.45, 7) is 1.36. The molecule has 10 nitrogen and oxygen atoms in total. The molecule has 2 saturated heterocycles. The van der Waals surface area contributed by atoms with E-state index in [1.54, 1.807) is 31.3 Å². The van der Waals surface area contributed by atoms with E-state index >= 15 is 0 Å². The summed E-state index contributed by atoms with van der Waals surface area (Å²) in [6, 6.07) is 6.52. The Hall–Kier alpha value is -2.40. The predicted molar refractivity (Wildman–Crippen MR) is 117 cm³/mol. The van der Waals surface area contributed by atoms with Gasteiger partial charge in [-0.1, -0.05) is 12.1 Å². The number of ether oxygens (including phenoxy) is 4. The number of fused-ring (bicyclic) bond motifs is 1. The molecule has 3 N–H and O–H groups in total. The van der Waals surface area contributed by atoms with E-state index in [4.69, 9.17) is 18.9 Å². The van der Waals surface area contributed by atoms with Crippen LogP contribution in [0.4, 0.5) is 10.5 Å². The van der Waals surface area contributed by atoms with E-state index in [-0.39, 0.29) is 50.3 Å². The Morgan fingerprint density at radius 1 is 1.22 bits per heavy atom. The molecule has 3 amide bonds. The maximum Gasteiger partial charge on any atom is 0.322 e. The van der Waals surface area contributed by atoms with Crippen LogP contribution in [0.2, 0.25) is 0 Å². The number of urea groups is 1. The van der Waals surface area contributed by atoms with E-state index in [9.17, 15) is 14.7 Å².